The number of H-pyrrole nitrogens is 1. The fourth-order valence-electron chi connectivity index (χ4n) is 8.52. The van der Waals surface area contributed by atoms with E-state index in [2.05, 4.69) is 79.2 Å². The molecule has 5 aromatic rings. The number of halogens is 3. The molecular weight excluding hydrogens is 622 g/mol. The SMILES string of the molecule is Cc1c(CN2CCC(Nc3ncnc4sc(CC(F)(F)F)cc34)CC2)ccc2c1cc(C#N)n2CC12CC(Nc3cc[nH]c3)(C1)[C@H]2C. The number of fused-ring (bicyclic) bond motifs is 2. The summed E-state index contributed by atoms with van der Waals surface area (Å²) >= 11 is 1.07. The number of hydrogen-bond acceptors (Lipinski definition) is 7. The molecule has 3 saturated carbocycles. The van der Waals surface area contributed by atoms with Crippen LogP contribution < -0.4 is 10.6 Å². The lowest BCUT2D eigenvalue weighted by molar-refractivity contribution is -0.197. The third-order valence-electron chi connectivity index (χ3n) is 11.2. The summed E-state index contributed by atoms with van der Waals surface area (Å²) in [6.45, 7) is 8.01. The molecule has 0 radical (unpaired) electrons. The highest BCUT2D eigenvalue weighted by Gasteiger charge is 2.73. The van der Waals surface area contributed by atoms with Crippen molar-refractivity contribution in [2.24, 2.45) is 11.3 Å². The zero-order valence-corrected chi connectivity index (χ0v) is 27.2. The number of aromatic nitrogens is 4. The Morgan fingerprint density at radius 2 is 1.94 bits per heavy atom. The van der Waals surface area contributed by atoms with Crippen molar-refractivity contribution < 1.29 is 13.2 Å². The van der Waals surface area contributed by atoms with Crippen LogP contribution in [0.3, 0.4) is 0 Å². The molecule has 0 spiro atoms. The van der Waals surface area contributed by atoms with Crippen LogP contribution in [0.4, 0.5) is 24.7 Å². The van der Waals surface area contributed by atoms with Gasteiger partial charge in [0.15, 0.2) is 0 Å². The molecule has 1 aliphatic heterocycles. The molecule has 4 aromatic heterocycles. The number of nitrogens with zero attached hydrogens (tertiary/aromatic N) is 5. The van der Waals surface area contributed by atoms with Crippen molar-refractivity contribution in [2.45, 2.75) is 76.8 Å². The Hall–Kier alpha value is -4.08. The second-order valence-electron chi connectivity index (χ2n) is 14.0. The van der Waals surface area contributed by atoms with Crippen molar-refractivity contribution in [1.82, 2.24) is 24.4 Å². The molecule has 0 unspecified atom stereocenters. The normalized spacial score (nSPS) is 24.6. The first kappa shape index (κ1) is 30.3. The van der Waals surface area contributed by atoms with E-state index in [1.165, 1.54) is 17.5 Å². The van der Waals surface area contributed by atoms with Gasteiger partial charge in [-0.15, -0.1) is 11.3 Å². The number of anilines is 2. The van der Waals surface area contributed by atoms with Gasteiger partial charge < -0.3 is 20.2 Å². The van der Waals surface area contributed by atoms with Crippen molar-refractivity contribution in [3.63, 3.8) is 0 Å². The van der Waals surface area contributed by atoms with Crippen molar-refractivity contribution in [2.75, 3.05) is 23.7 Å². The van der Waals surface area contributed by atoms with Gasteiger partial charge in [0.1, 0.15) is 28.7 Å². The third-order valence-corrected chi connectivity index (χ3v) is 12.2. The minimum absolute atomic E-state index is 0.162. The van der Waals surface area contributed by atoms with Gasteiger partial charge in [0.2, 0.25) is 0 Å². The van der Waals surface area contributed by atoms with E-state index in [-0.39, 0.29) is 21.9 Å². The Labute approximate surface area is 275 Å². The third kappa shape index (κ3) is 5.24. The maximum Gasteiger partial charge on any atom is 0.393 e. The first-order valence-corrected chi connectivity index (χ1v) is 17.1. The molecule has 1 aromatic carbocycles. The zero-order chi connectivity index (χ0) is 32.6. The fourth-order valence-corrected chi connectivity index (χ4v) is 9.55. The van der Waals surface area contributed by atoms with Crippen LogP contribution >= 0.6 is 11.3 Å². The Morgan fingerprint density at radius 3 is 2.64 bits per heavy atom. The van der Waals surface area contributed by atoms with E-state index in [0.717, 1.165) is 85.5 Å². The molecule has 4 fully saturated rings. The lowest BCUT2D eigenvalue weighted by Gasteiger charge is -2.76. The first-order valence-electron chi connectivity index (χ1n) is 16.3. The zero-order valence-electron chi connectivity index (χ0n) is 26.4. The summed E-state index contributed by atoms with van der Waals surface area (Å²) in [5.74, 6) is 1.14. The molecule has 9 rings (SSSR count). The number of benzene rings is 1. The van der Waals surface area contributed by atoms with Crippen LogP contribution in [-0.2, 0) is 19.5 Å². The molecule has 8 nitrogen and oxygen atoms in total. The molecule has 1 atom stereocenters. The molecule has 0 amide bonds. The van der Waals surface area contributed by atoms with E-state index >= 15 is 0 Å². The lowest BCUT2D eigenvalue weighted by Crippen LogP contribution is -2.78. The van der Waals surface area contributed by atoms with E-state index in [0.29, 0.717) is 22.0 Å². The van der Waals surface area contributed by atoms with Gasteiger partial charge in [-0.2, -0.15) is 18.4 Å². The standard InChI is InChI=1S/C35H37F3N8S/c1-21-23(16-45-9-6-24(7-10-45)43-31-29-12-27(13-35(36,37)38)47-32(29)42-20-41-31)3-4-30-28(21)11-26(14-39)46(30)19-33-17-34(18-33,22(33)2)44-25-5-8-40-15-25/h3-5,8,11-12,15,20,22,24,40,44H,6-7,9-10,13,16-19H2,1-2H3,(H,41,42,43)/t22-,33?,34?/m0/s1. The predicted octanol–water partition coefficient (Wildman–Crippen LogP) is 7.62. The number of hydrogen-bond donors (Lipinski definition) is 3. The number of piperidine rings is 1. The second kappa shape index (κ2) is 11.0. The van der Waals surface area contributed by atoms with Gasteiger partial charge in [0.25, 0.3) is 0 Å². The van der Waals surface area contributed by atoms with Crippen LogP contribution in [0.15, 0.2) is 49.1 Å². The Morgan fingerprint density at radius 1 is 1.13 bits per heavy atom. The van der Waals surface area contributed by atoms with E-state index in [4.69, 9.17) is 0 Å². The highest BCUT2D eigenvalue weighted by molar-refractivity contribution is 7.18. The van der Waals surface area contributed by atoms with Crippen molar-refractivity contribution in [1.29, 1.82) is 5.26 Å². The summed E-state index contributed by atoms with van der Waals surface area (Å²) < 4.78 is 41.1. The lowest BCUT2D eigenvalue weighted by atomic mass is 9.33. The quantitative estimate of drug-likeness (QED) is 0.151. The van der Waals surface area contributed by atoms with E-state index in [9.17, 15) is 18.4 Å². The first-order chi connectivity index (χ1) is 22.5. The van der Waals surface area contributed by atoms with Crippen LogP contribution in [0.2, 0.25) is 0 Å². The van der Waals surface area contributed by atoms with Crippen molar-refractivity contribution in [3.8, 4) is 6.07 Å². The Bertz CT molecular complexity index is 1990. The number of likely N-dealkylation sites (tertiary alicyclic amines) is 1. The number of nitriles is 1. The second-order valence-corrected chi connectivity index (χ2v) is 15.1. The molecule has 244 valence electrons. The van der Waals surface area contributed by atoms with Crippen LogP contribution in [0.1, 0.15) is 54.3 Å². The monoisotopic (exact) mass is 658 g/mol. The van der Waals surface area contributed by atoms with Gasteiger partial charge in [-0.05, 0) is 79.3 Å². The molecule has 2 bridgehead atoms. The number of rotatable bonds is 9. The van der Waals surface area contributed by atoms with E-state index in [1.807, 2.05) is 12.4 Å². The van der Waals surface area contributed by atoms with Gasteiger partial charge in [-0.25, -0.2) is 9.97 Å². The minimum Gasteiger partial charge on any atom is -0.378 e. The molecule has 47 heavy (non-hydrogen) atoms. The average Bonchev–Trinajstić information content (AvgIpc) is 3.77. The number of thiophene rings is 1. The van der Waals surface area contributed by atoms with Crippen LogP contribution in [0.25, 0.3) is 21.1 Å². The topological polar surface area (TPSA) is 97.6 Å². The van der Waals surface area contributed by atoms with Gasteiger partial charge in [0, 0.05) is 65.9 Å². The Balaban J connectivity index is 0.918. The maximum atomic E-state index is 13.0. The van der Waals surface area contributed by atoms with Crippen LogP contribution in [0, 0.1) is 29.6 Å². The summed E-state index contributed by atoms with van der Waals surface area (Å²) in [5.41, 5.74) is 5.89. The largest absolute Gasteiger partial charge is 0.393 e. The minimum atomic E-state index is -4.25. The van der Waals surface area contributed by atoms with Gasteiger partial charge in [-0.1, -0.05) is 13.0 Å². The molecule has 12 heteroatoms. The molecule has 4 aliphatic rings. The number of nitrogens with one attached hydrogen (secondary N) is 3. The van der Waals surface area contributed by atoms with Gasteiger partial charge >= 0.3 is 6.18 Å². The molecular formula is C35H37F3N8S. The molecule has 3 aliphatic carbocycles. The van der Waals surface area contributed by atoms with E-state index < -0.39 is 12.6 Å². The molecule has 3 N–H and O–H groups in total. The van der Waals surface area contributed by atoms with Gasteiger partial charge in [-0.3, -0.25) is 4.90 Å². The number of alkyl halides is 3. The summed E-state index contributed by atoms with van der Waals surface area (Å²) in [7, 11) is 0. The van der Waals surface area contributed by atoms with Crippen molar-refractivity contribution >= 4 is 44.0 Å². The smallest absolute Gasteiger partial charge is 0.378 e. The van der Waals surface area contributed by atoms with Crippen LogP contribution in [0.5, 0.6) is 0 Å². The number of aromatic amines is 1. The summed E-state index contributed by atoms with van der Waals surface area (Å²) in [6, 6.07) is 12.8. The van der Waals surface area contributed by atoms with E-state index in [1.54, 1.807) is 6.07 Å². The fraction of sp³-hybridized carbons (Fsp3) is 0.457. The predicted molar refractivity (Wildman–Crippen MR) is 178 cm³/mol. The van der Waals surface area contributed by atoms with Gasteiger partial charge in [0.05, 0.1) is 17.5 Å². The molecule has 5 heterocycles. The number of aryl methyl sites for hydroxylation is 1. The molecule has 1 saturated heterocycles. The maximum absolute atomic E-state index is 13.0. The summed E-state index contributed by atoms with van der Waals surface area (Å²) in [6.07, 6.45) is 4.22. The Kier molecular flexibility index (Phi) is 7.08. The summed E-state index contributed by atoms with van der Waals surface area (Å²) in [4.78, 5) is 15.0. The average molecular weight is 659 g/mol. The highest BCUT2D eigenvalue weighted by Crippen LogP contribution is 2.73. The van der Waals surface area contributed by atoms with Crippen molar-refractivity contribution in [3.05, 3.63) is 70.8 Å². The van der Waals surface area contributed by atoms with Crippen LogP contribution in [-0.4, -0.2) is 55.3 Å². The summed E-state index contributed by atoms with van der Waals surface area (Å²) in [5, 5.41) is 19.2. The highest BCUT2D eigenvalue weighted by atomic mass is 32.1.